The fraction of sp³-hybridized carbons (Fsp3) is 0.619. The van der Waals surface area contributed by atoms with Gasteiger partial charge in [0.15, 0.2) is 0 Å². The van der Waals surface area contributed by atoms with E-state index in [0.29, 0.717) is 12.5 Å². The minimum atomic E-state index is -0.495. The molecule has 3 unspecified atom stereocenters. The molecule has 0 radical (unpaired) electrons. The van der Waals surface area contributed by atoms with Crippen LogP contribution in [0, 0.1) is 0 Å². The predicted molar refractivity (Wildman–Crippen MR) is 117 cm³/mol. The summed E-state index contributed by atoms with van der Waals surface area (Å²) < 4.78 is 1.50. The fourth-order valence-electron chi connectivity index (χ4n) is 4.42. The standard InChI is InChI=1S/C21H31N7O2/c1-26(2)18-11-12-22-21(24-18)23-14-15-6-3-4-13-27(15)19-9-10-20(30)28(25-19)16-7-5-8-17(16)29/h9-12,15-17,29H,3-8,13-14H2,1-2H3,(H,22,23,24). The molecule has 2 aromatic heterocycles. The van der Waals surface area contributed by atoms with Crippen LogP contribution in [0.3, 0.4) is 0 Å². The topological polar surface area (TPSA) is 99.4 Å². The van der Waals surface area contributed by atoms with Gasteiger partial charge in [0, 0.05) is 45.5 Å². The molecule has 162 valence electrons. The summed E-state index contributed by atoms with van der Waals surface area (Å²) in [7, 11) is 3.91. The van der Waals surface area contributed by atoms with E-state index in [4.69, 9.17) is 0 Å². The molecule has 3 heterocycles. The number of hydrogen-bond acceptors (Lipinski definition) is 8. The molecule has 1 aliphatic heterocycles. The number of aliphatic hydroxyl groups excluding tert-OH is 1. The van der Waals surface area contributed by atoms with E-state index in [2.05, 4.69) is 25.3 Å². The number of nitrogens with one attached hydrogen (secondary N) is 1. The Bertz CT molecular complexity index is 916. The van der Waals surface area contributed by atoms with E-state index < -0.39 is 6.10 Å². The summed E-state index contributed by atoms with van der Waals surface area (Å²) in [6.45, 7) is 1.59. The van der Waals surface area contributed by atoms with Gasteiger partial charge >= 0.3 is 0 Å². The molecular weight excluding hydrogens is 382 g/mol. The van der Waals surface area contributed by atoms with Crippen molar-refractivity contribution in [2.24, 2.45) is 0 Å². The van der Waals surface area contributed by atoms with Gasteiger partial charge in [0.1, 0.15) is 11.6 Å². The molecule has 1 saturated heterocycles. The molecule has 2 aliphatic rings. The van der Waals surface area contributed by atoms with Gasteiger partial charge in [-0.25, -0.2) is 9.67 Å². The first-order valence-corrected chi connectivity index (χ1v) is 10.8. The van der Waals surface area contributed by atoms with Crippen LogP contribution in [-0.4, -0.2) is 64.2 Å². The molecule has 0 aromatic carbocycles. The Morgan fingerprint density at radius 2 is 2.03 bits per heavy atom. The Hall–Kier alpha value is -2.68. The molecule has 2 N–H and O–H groups in total. The van der Waals surface area contributed by atoms with Crippen LogP contribution in [0.4, 0.5) is 17.6 Å². The van der Waals surface area contributed by atoms with Crippen molar-refractivity contribution >= 4 is 17.6 Å². The average molecular weight is 414 g/mol. The quantitative estimate of drug-likeness (QED) is 0.738. The van der Waals surface area contributed by atoms with Crippen molar-refractivity contribution < 1.29 is 5.11 Å². The third kappa shape index (κ3) is 4.40. The number of hydrogen-bond donors (Lipinski definition) is 2. The number of nitrogens with zero attached hydrogens (tertiary/aromatic N) is 6. The summed E-state index contributed by atoms with van der Waals surface area (Å²) in [5.41, 5.74) is -0.148. The van der Waals surface area contributed by atoms with Crippen LogP contribution in [-0.2, 0) is 0 Å². The maximum Gasteiger partial charge on any atom is 0.267 e. The van der Waals surface area contributed by atoms with Crippen molar-refractivity contribution in [3.8, 4) is 0 Å². The van der Waals surface area contributed by atoms with E-state index >= 15 is 0 Å². The zero-order valence-corrected chi connectivity index (χ0v) is 17.7. The SMILES string of the molecule is CN(C)c1ccnc(NCC2CCCCN2c2ccc(=O)n(C3CCCC3O)n2)n1. The van der Waals surface area contributed by atoms with Gasteiger partial charge in [-0.3, -0.25) is 4.79 Å². The summed E-state index contributed by atoms with van der Waals surface area (Å²) >= 11 is 0. The minimum Gasteiger partial charge on any atom is -0.391 e. The number of aliphatic hydroxyl groups is 1. The van der Waals surface area contributed by atoms with E-state index in [9.17, 15) is 9.90 Å². The Balaban J connectivity index is 1.51. The third-order valence-electron chi connectivity index (χ3n) is 6.09. The van der Waals surface area contributed by atoms with Crippen molar-refractivity contribution in [1.82, 2.24) is 19.7 Å². The molecule has 0 spiro atoms. The second-order valence-corrected chi connectivity index (χ2v) is 8.40. The number of aromatic nitrogens is 4. The Kier molecular flexibility index (Phi) is 6.17. The van der Waals surface area contributed by atoms with Gasteiger partial charge in [-0.05, 0) is 50.7 Å². The number of rotatable bonds is 6. The molecule has 2 fully saturated rings. The second-order valence-electron chi connectivity index (χ2n) is 8.40. The maximum absolute atomic E-state index is 12.4. The lowest BCUT2D eigenvalue weighted by molar-refractivity contribution is 0.127. The van der Waals surface area contributed by atoms with Crippen LogP contribution in [0.5, 0.6) is 0 Å². The summed E-state index contributed by atoms with van der Waals surface area (Å²) in [6, 6.07) is 5.28. The number of piperidine rings is 1. The highest BCUT2D eigenvalue weighted by molar-refractivity contribution is 5.42. The first-order valence-electron chi connectivity index (χ1n) is 10.8. The smallest absolute Gasteiger partial charge is 0.267 e. The van der Waals surface area contributed by atoms with Crippen LogP contribution >= 0.6 is 0 Å². The van der Waals surface area contributed by atoms with Gasteiger partial charge in [-0.1, -0.05) is 0 Å². The van der Waals surface area contributed by atoms with Gasteiger partial charge < -0.3 is 20.2 Å². The Morgan fingerprint density at radius 3 is 2.80 bits per heavy atom. The molecule has 9 nitrogen and oxygen atoms in total. The van der Waals surface area contributed by atoms with Crippen molar-refractivity contribution in [3.05, 3.63) is 34.7 Å². The summed E-state index contributed by atoms with van der Waals surface area (Å²) in [5, 5.41) is 18.3. The molecule has 9 heteroatoms. The molecule has 4 rings (SSSR count). The van der Waals surface area contributed by atoms with Gasteiger partial charge in [0.05, 0.1) is 12.1 Å². The first kappa shape index (κ1) is 20.6. The van der Waals surface area contributed by atoms with E-state index in [1.165, 1.54) is 4.68 Å². The lowest BCUT2D eigenvalue weighted by Crippen LogP contribution is -2.45. The molecule has 3 atom stereocenters. The highest BCUT2D eigenvalue weighted by Crippen LogP contribution is 2.29. The summed E-state index contributed by atoms with van der Waals surface area (Å²) in [6.07, 6.45) is 6.99. The van der Waals surface area contributed by atoms with Crippen LogP contribution in [0.1, 0.15) is 44.6 Å². The Labute approximate surface area is 176 Å². The number of anilines is 3. The lowest BCUT2D eigenvalue weighted by atomic mass is 10.0. The van der Waals surface area contributed by atoms with Crippen molar-refractivity contribution in [1.29, 1.82) is 0 Å². The predicted octanol–water partition coefficient (Wildman–Crippen LogP) is 1.66. The van der Waals surface area contributed by atoms with Gasteiger partial charge in [0.2, 0.25) is 5.95 Å². The van der Waals surface area contributed by atoms with E-state index in [0.717, 1.165) is 56.7 Å². The minimum absolute atomic E-state index is 0.148. The van der Waals surface area contributed by atoms with Crippen LogP contribution in [0.15, 0.2) is 29.2 Å². The van der Waals surface area contributed by atoms with E-state index in [1.807, 2.05) is 31.1 Å². The monoisotopic (exact) mass is 413 g/mol. The average Bonchev–Trinajstić information content (AvgIpc) is 3.19. The molecule has 1 aliphatic carbocycles. The molecular formula is C21H31N7O2. The van der Waals surface area contributed by atoms with Gasteiger partial charge in [-0.15, -0.1) is 0 Å². The summed E-state index contributed by atoms with van der Waals surface area (Å²) in [5.74, 6) is 2.26. The van der Waals surface area contributed by atoms with Crippen LogP contribution in [0.2, 0.25) is 0 Å². The molecule has 2 aromatic rings. The van der Waals surface area contributed by atoms with Gasteiger partial charge in [-0.2, -0.15) is 10.1 Å². The molecule has 0 amide bonds. The molecule has 1 saturated carbocycles. The fourth-order valence-corrected chi connectivity index (χ4v) is 4.42. The maximum atomic E-state index is 12.4. The second kappa shape index (κ2) is 8.99. The highest BCUT2D eigenvalue weighted by atomic mass is 16.3. The molecule has 0 bridgehead atoms. The van der Waals surface area contributed by atoms with Crippen LogP contribution in [0.25, 0.3) is 0 Å². The Morgan fingerprint density at radius 1 is 1.17 bits per heavy atom. The zero-order chi connectivity index (χ0) is 21.1. The van der Waals surface area contributed by atoms with Crippen molar-refractivity contribution in [2.75, 3.05) is 42.3 Å². The summed E-state index contributed by atoms with van der Waals surface area (Å²) in [4.78, 5) is 25.5. The zero-order valence-electron chi connectivity index (χ0n) is 17.7. The lowest BCUT2D eigenvalue weighted by Gasteiger charge is -2.37. The largest absolute Gasteiger partial charge is 0.391 e. The van der Waals surface area contributed by atoms with Crippen molar-refractivity contribution in [2.45, 2.75) is 56.7 Å². The van der Waals surface area contributed by atoms with Gasteiger partial charge in [0.25, 0.3) is 5.56 Å². The van der Waals surface area contributed by atoms with E-state index in [1.54, 1.807) is 12.3 Å². The third-order valence-corrected chi connectivity index (χ3v) is 6.09. The van der Waals surface area contributed by atoms with E-state index in [-0.39, 0.29) is 17.6 Å². The van der Waals surface area contributed by atoms with Crippen LogP contribution < -0.4 is 20.7 Å². The normalized spacial score (nSPS) is 24.1. The molecule has 30 heavy (non-hydrogen) atoms. The van der Waals surface area contributed by atoms with Crippen molar-refractivity contribution in [3.63, 3.8) is 0 Å². The first-order chi connectivity index (χ1) is 14.5. The highest BCUT2D eigenvalue weighted by Gasteiger charge is 2.30.